The first-order valence-corrected chi connectivity index (χ1v) is 4.89. The van der Waals surface area contributed by atoms with Crippen LogP contribution in [0.3, 0.4) is 0 Å². The van der Waals surface area contributed by atoms with E-state index in [2.05, 4.69) is 35.9 Å². The Balaban J connectivity index is 2.15. The largest absolute Gasteiger partial charge is 0.394 e. The van der Waals surface area contributed by atoms with Crippen LogP contribution >= 0.6 is 11.3 Å². The molecule has 1 aliphatic rings. The van der Waals surface area contributed by atoms with Crippen LogP contribution in [0.25, 0.3) is 0 Å². The molecule has 0 amide bonds. The standard InChI is InChI=1S/C6H5N7OS/c1-7-4(11-9-1)6(8-2-14-13-6)5-12-10-3-15-5/h1-3,13H,(H,7,9,11). The molecule has 3 rings (SSSR count). The van der Waals surface area contributed by atoms with Crippen molar-refractivity contribution < 1.29 is 4.84 Å². The number of hydrogen-bond acceptors (Lipinski definition) is 8. The van der Waals surface area contributed by atoms with Gasteiger partial charge < -0.3 is 4.84 Å². The predicted molar refractivity (Wildman–Crippen MR) is 49.8 cm³/mol. The molecule has 76 valence electrons. The minimum Gasteiger partial charge on any atom is -0.394 e. The lowest BCUT2D eigenvalue weighted by molar-refractivity contribution is 0.141. The zero-order chi connectivity index (χ0) is 10.1. The lowest BCUT2D eigenvalue weighted by atomic mass is 10.2. The average molecular weight is 223 g/mol. The summed E-state index contributed by atoms with van der Waals surface area (Å²) >= 11 is 1.34. The molecule has 1 atom stereocenters. The van der Waals surface area contributed by atoms with Gasteiger partial charge in [-0.05, 0) is 0 Å². The first kappa shape index (κ1) is 8.44. The van der Waals surface area contributed by atoms with Crippen LogP contribution in [0.4, 0.5) is 0 Å². The summed E-state index contributed by atoms with van der Waals surface area (Å²) in [5.74, 6) is 0.438. The molecule has 2 N–H and O–H groups in total. The SMILES string of the molecule is C1=NC(c2nc[nH]n2)(c2nncs2)NO1. The average Bonchev–Trinajstić information content (AvgIpc) is 3.02. The van der Waals surface area contributed by atoms with Gasteiger partial charge in [-0.15, -0.1) is 27.0 Å². The molecule has 9 heteroatoms. The molecule has 0 spiro atoms. The molecule has 0 aliphatic carbocycles. The van der Waals surface area contributed by atoms with Gasteiger partial charge in [-0.3, -0.25) is 5.10 Å². The van der Waals surface area contributed by atoms with Gasteiger partial charge >= 0.3 is 0 Å². The highest BCUT2D eigenvalue weighted by atomic mass is 32.1. The van der Waals surface area contributed by atoms with E-state index in [1.807, 2.05) is 0 Å². The number of nitrogens with zero attached hydrogens (tertiary/aromatic N) is 5. The maximum Gasteiger partial charge on any atom is 0.259 e. The van der Waals surface area contributed by atoms with Gasteiger partial charge in [-0.1, -0.05) is 0 Å². The van der Waals surface area contributed by atoms with E-state index in [0.29, 0.717) is 10.8 Å². The minimum atomic E-state index is -0.971. The van der Waals surface area contributed by atoms with E-state index in [1.54, 1.807) is 5.51 Å². The quantitative estimate of drug-likeness (QED) is 0.706. The van der Waals surface area contributed by atoms with Crippen LogP contribution in [-0.2, 0) is 10.5 Å². The fourth-order valence-electron chi connectivity index (χ4n) is 1.26. The maximum absolute atomic E-state index is 4.91. The van der Waals surface area contributed by atoms with E-state index in [-0.39, 0.29) is 0 Å². The minimum absolute atomic E-state index is 0.438. The van der Waals surface area contributed by atoms with Crippen molar-refractivity contribution in [1.29, 1.82) is 0 Å². The summed E-state index contributed by atoms with van der Waals surface area (Å²) in [7, 11) is 0. The summed E-state index contributed by atoms with van der Waals surface area (Å²) in [5, 5.41) is 14.9. The van der Waals surface area contributed by atoms with E-state index >= 15 is 0 Å². The Kier molecular flexibility index (Phi) is 1.73. The van der Waals surface area contributed by atoms with E-state index in [0.717, 1.165) is 0 Å². The van der Waals surface area contributed by atoms with Gasteiger partial charge in [0.1, 0.15) is 11.8 Å². The van der Waals surface area contributed by atoms with Gasteiger partial charge in [0.15, 0.2) is 11.4 Å². The predicted octanol–water partition coefficient (Wildman–Crippen LogP) is -0.580. The normalized spacial score (nSPS) is 24.3. The first-order valence-electron chi connectivity index (χ1n) is 4.01. The Bertz CT molecular complexity index is 429. The Labute approximate surface area is 87.4 Å². The highest BCUT2D eigenvalue weighted by Crippen LogP contribution is 2.31. The molecule has 1 aliphatic heterocycles. The maximum atomic E-state index is 4.91. The van der Waals surface area contributed by atoms with Crippen LogP contribution in [0.15, 0.2) is 16.8 Å². The van der Waals surface area contributed by atoms with Gasteiger partial charge in [-0.2, -0.15) is 5.10 Å². The van der Waals surface area contributed by atoms with Gasteiger partial charge in [0, 0.05) is 0 Å². The van der Waals surface area contributed by atoms with E-state index in [9.17, 15) is 0 Å². The molecule has 1 unspecified atom stereocenters. The summed E-state index contributed by atoms with van der Waals surface area (Å²) in [6, 6.07) is 0. The van der Waals surface area contributed by atoms with Crippen molar-refractivity contribution in [1.82, 2.24) is 30.9 Å². The zero-order valence-electron chi connectivity index (χ0n) is 7.28. The molecule has 0 aromatic carbocycles. The number of hydroxylamine groups is 1. The van der Waals surface area contributed by atoms with Gasteiger partial charge in [0.25, 0.3) is 5.66 Å². The number of aliphatic imine (C=N–C) groups is 1. The molecule has 2 aromatic rings. The van der Waals surface area contributed by atoms with Crippen molar-refractivity contribution in [3.8, 4) is 0 Å². The Morgan fingerprint density at radius 2 is 2.47 bits per heavy atom. The Morgan fingerprint density at radius 1 is 1.47 bits per heavy atom. The van der Waals surface area contributed by atoms with Crippen molar-refractivity contribution >= 4 is 17.7 Å². The molecule has 0 bridgehead atoms. The van der Waals surface area contributed by atoms with Crippen LogP contribution in [0.5, 0.6) is 0 Å². The van der Waals surface area contributed by atoms with Crippen molar-refractivity contribution in [2.75, 3.05) is 0 Å². The van der Waals surface area contributed by atoms with Gasteiger partial charge in [-0.25, -0.2) is 9.98 Å². The molecule has 15 heavy (non-hydrogen) atoms. The molecular formula is C6H5N7OS. The summed E-state index contributed by atoms with van der Waals surface area (Å²) < 4.78 is 0. The summed E-state index contributed by atoms with van der Waals surface area (Å²) in [6.07, 6.45) is 2.76. The molecule has 0 radical (unpaired) electrons. The first-order chi connectivity index (χ1) is 7.42. The number of aromatic amines is 1. The summed E-state index contributed by atoms with van der Waals surface area (Å²) in [5.41, 5.74) is 3.35. The third-order valence-corrected chi connectivity index (χ3v) is 2.71. The van der Waals surface area contributed by atoms with Crippen molar-refractivity contribution in [3.63, 3.8) is 0 Å². The second-order valence-corrected chi connectivity index (χ2v) is 3.56. The number of hydrogen-bond donors (Lipinski definition) is 2. The summed E-state index contributed by atoms with van der Waals surface area (Å²) in [6.45, 7) is 0. The second-order valence-electron chi connectivity index (χ2n) is 2.73. The molecular weight excluding hydrogens is 218 g/mol. The monoisotopic (exact) mass is 223 g/mol. The highest BCUT2D eigenvalue weighted by Gasteiger charge is 2.44. The molecule has 2 aromatic heterocycles. The molecule has 0 saturated heterocycles. The van der Waals surface area contributed by atoms with Crippen molar-refractivity contribution in [2.24, 2.45) is 4.99 Å². The smallest absolute Gasteiger partial charge is 0.259 e. The molecule has 0 saturated carbocycles. The van der Waals surface area contributed by atoms with Crippen molar-refractivity contribution in [3.05, 3.63) is 22.7 Å². The van der Waals surface area contributed by atoms with Crippen LogP contribution < -0.4 is 5.48 Å². The topological polar surface area (TPSA) is 101 Å². The van der Waals surface area contributed by atoms with Gasteiger partial charge in [0.05, 0.1) is 0 Å². The highest BCUT2D eigenvalue weighted by molar-refractivity contribution is 7.09. The third kappa shape index (κ3) is 1.13. The van der Waals surface area contributed by atoms with Crippen LogP contribution in [-0.4, -0.2) is 31.8 Å². The van der Waals surface area contributed by atoms with E-state index in [1.165, 1.54) is 24.1 Å². The second kappa shape index (κ2) is 3.07. The zero-order valence-corrected chi connectivity index (χ0v) is 8.10. The van der Waals surface area contributed by atoms with Crippen LogP contribution in [0, 0.1) is 0 Å². The summed E-state index contributed by atoms with van der Waals surface area (Å²) in [4.78, 5) is 13.1. The number of aromatic nitrogens is 5. The lowest BCUT2D eigenvalue weighted by Gasteiger charge is -2.17. The number of H-pyrrole nitrogens is 1. The Morgan fingerprint density at radius 3 is 3.07 bits per heavy atom. The lowest BCUT2D eigenvalue weighted by Crippen LogP contribution is -2.38. The third-order valence-electron chi connectivity index (χ3n) is 1.91. The van der Waals surface area contributed by atoms with E-state index < -0.39 is 5.66 Å². The van der Waals surface area contributed by atoms with Crippen LogP contribution in [0.1, 0.15) is 10.8 Å². The number of nitrogens with one attached hydrogen (secondary N) is 2. The van der Waals surface area contributed by atoms with E-state index in [4.69, 9.17) is 4.84 Å². The Hall–Kier alpha value is -1.87. The molecule has 8 nitrogen and oxygen atoms in total. The molecule has 3 heterocycles. The fourth-order valence-corrected chi connectivity index (χ4v) is 1.90. The molecule has 0 fully saturated rings. The van der Waals surface area contributed by atoms with Gasteiger partial charge in [0.2, 0.25) is 5.82 Å². The van der Waals surface area contributed by atoms with Crippen LogP contribution in [0.2, 0.25) is 0 Å². The van der Waals surface area contributed by atoms with Crippen molar-refractivity contribution in [2.45, 2.75) is 5.66 Å². The number of rotatable bonds is 2. The fraction of sp³-hybridized carbons (Fsp3) is 0.167.